The second-order valence-corrected chi connectivity index (χ2v) is 4.46. The van der Waals surface area contributed by atoms with Crippen molar-refractivity contribution in [3.05, 3.63) is 53.9 Å². The molecule has 4 nitrogen and oxygen atoms in total. The number of benzene rings is 1. The molecular formula is C15H11FN4. The van der Waals surface area contributed by atoms with Crippen LogP contribution in [0.2, 0.25) is 0 Å². The van der Waals surface area contributed by atoms with Crippen LogP contribution in [0.25, 0.3) is 22.7 Å². The van der Waals surface area contributed by atoms with E-state index in [1.165, 1.54) is 12.1 Å². The zero-order valence-electron chi connectivity index (χ0n) is 10.8. The summed E-state index contributed by atoms with van der Waals surface area (Å²) in [4.78, 5) is 7.28. The van der Waals surface area contributed by atoms with Crippen molar-refractivity contribution >= 4 is 22.7 Å². The van der Waals surface area contributed by atoms with Crippen molar-refractivity contribution in [2.24, 2.45) is 7.05 Å². The first-order chi connectivity index (χ1) is 9.67. The lowest BCUT2D eigenvalue weighted by Crippen LogP contribution is -1.90. The fraction of sp³-hybridized carbons (Fsp3) is 0.0667. The Bertz CT molecular complexity index is 848. The smallest absolute Gasteiger partial charge is 0.149 e. The number of nitriles is 1. The molecule has 98 valence electrons. The quantitative estimate of drug-likeness (QED) is 0.724. The topological polar surface area (TPSA) is 57.4 Å². The molecule has 0 saturated carbocycles. The first-order valence-corrected chi connectivity index (χ1v) is 6.06. The Morgan fingerprint density at radius 2 is 2.30 bits per heavy atom. The minimum Gasteiger partial charge on any atom is -0.351 e. The first-order valence-electron chi connectivity index (χ1n) is 6.06. The van der Waals surface area contributed by atoms with Gasteiger partial charge in [0.1, 0.15) is 17.7 Å². The first kappa shape index (κ1) is 12.2. The van der Waals surface area contributed by atoms with Gasteiger partial charge in [-0.2, -0.15) is 5.26 Å². The van der Waals surface area contributed by atoms with Gasteiger partial charge in [0, 0.05) is 18.9 Å². The van der Waals surface area contributed by atoms with Crippen LogP contribution in [-0.2, 0) is 7.05 Å². The minimum absolute atomic E-state index is 0.336. The summed E-state index contributed by atoms with van der Waals surface area (Å²) in [5, 5.41) is 9.29. The fourth-order valence-corrected chi connectivity index (χ4v) is 2.04. The van der Waals surface area contributed by atoms with Crippen LogP contribution >= 0.6 is 0 Å². The number of nitrogens with one attached hydrogen (secondary N) is 1. The van der Waals surface area contributed by atoms with Crippen molar-refractivity contribution in [2.75, 3.05) is 0 Å². The van der Waals surface area contributed by atoms with E-state index in [9.17, 15) is 9.65 Å². The van der Waals surface area contributed by atoms with E-state index >= 15 is 0 Å². The molecule has 1 N–H and O–H groups in total. The lowest BCUT2D eigenvalue weighted by atomic mass is 10.2. The second-order valence-electron chi connectivity index (χ2n) is 4.46. The van der Waals surface area contributed by atoms with Crippen LogP contribution in [0.1, 0.15) is 11.5 Å². The Labute approximate surface area is 114 Å². The van der Waals surface area contributed by atoms with E-state index in [-0.39, 0.29) is 5.82 Å². The number of hydrogen-bond donors (Lipinski definition) is 1. The minimum atomic E-state index is -0.336. The predicted molar refractivity (Wildman–Crippen MR) is 74.9 cm³/mol. The molecule has 3 aromatic rings. The SMILES string of the molecule is Cn1cccc1/C=C(/C#N)c1nc2ccc(F)cc2[nH]1. The lowest BCUT2D eigenvalue weighted by Gasteiger charge is -1.97. The third-order valence-corrected chi connectivity index (χ3v) is 3.10. The van der Waals surface area contributed by atoms with E-state index in [2.05, 4.69) is 16.0 Å². The average Bonchev–Trinajstić information content (AvgIpc) is 3.01. The molecule has 2 aromatic heterocycles. The zero-order chi connectivity index (χ0) is 14.1. The van der Waals surface area contributed by atoms with Crippen LogP contribution in [-0.4, -0.2) is 14.5 Å². The van der Waals surface area contributed by atoms with Gasteiger partial charge in [-0.25, -0.2) is 9.37 Å². The highest BCUT2D eigenvalue weighted by molar-refractivity contribution is 5.89. The molecule has 0 fully saturated rings. The maximum Gasteiger partial charge on any atom is 0.149 e. The van der Waals surface area contributed by atoms with E-state index in [1.54, 1.807) is 12.1 Å². The fourth-order valence-electron chi connectivity index (χ4n) is 2.04. The number of hydrogen-bond acceptors (Lipinski definition) is 2. The standard InChI is InChI=1S/C15H11FN4/c1-20-6-2-3-12(20)7-10(9-17)15-18-13-5-4-11(16)8-14(13)19-15/h2-8H,1H3,(H,18,19)/b10-7-. The van der Waals surface area contributed by atoms with Gasteiger partial charge in [0.2, 0.25) is 0 Å². The summed E-state index contributed by atoms with van der Waals surface area (Å²) >= 11 is 0. The van der Waals surface area contributed by atoms with Gasteiger partial charge in [-0.1, -0.05) is 0 Å². The molecule has 0 bridgehead atoms. The van der Waals surface area contributed by atoms with Crippen LogP contribution in [0.4, 0.5) is 4.39 Å². The normalized spacial score (nSPS) is 11.8. The summed E-state index contributed by atoms with van der Waals surface area (Å²) in [5.41, 5.74) is 2.51. The number of imidazole rings is 1. The maximum atomic E-state index is 13.2. The molecule has 0 amide bonds. The number of nitrogens with zero attached hydrogens (tertiary/aromatic N) is 3. The molecule has 3 rings (SSSR count). The molecule has 2 heterocycles. The van der Waals surface area contributed by atoms with Gasteiger partial charge in [0.05, 0.1) is 16.6 Å². The molecule has 0 unspecified atom stereocenters. The molecule has 0 spiro atoms. The van der Waals surface area contributed by atoms with Gasteiger partial charge < -0.3 is 9.55 Å². The van der Waals surface area contributed by atoms with Gasteiger partial charge in [0.15, 0.2) is 0 Å². The Balaban J connectivity index is 2.10. The Hall–Kier alpha value is -2.87. The molecule has 0 aliphatic heterocycles. The second kappa shape index (κ2) is 4.67. The average molecular weight is 266 g/mol. The van der Waals surface area contributed by atoms with Gasteiger partial charge in [0.25, 0.3) is 0 Å². The van der Waals surface area contributed by atoms with Crippen molar-refractivity contribution in [1.82, 2.24) is 14.5 Å². The lowest BCUT2D eigenvalue weighted by molar-refractivity contribution is 0.629. The molecular weight excluding hydrogens is 255 g/mol. The van der Waals surface area contributed by atoms with Crippen molar-refractivity contribution in [1.29, 1.82) is 5.26 Å². The Morgan fingerprint density at radius 1 is 1.45 bits per heavy atom. The maximum absolute atomic E-state index is 13.2. The van der Waals surface area contributed by atoms with Crippen molar-refractivity contribution in [3.63, 3.8) is 0 Å². The summed E-state index contributed by atoms with van der Waals surface area (Å²) in [6, 6.07) is 10.2. The number of H-pyrrole nitrogens is 1. The van der Waals surface area contributed by atoms with Crippen LogP contribution in [0, 0.1) is 17.1 Å². The van der Waals surface area contributed by atoms with Crippen molar-refractivity contribution < 1.29 is 4.39 Å². The number of aromatic amines is 1. The number of aryl methyl sites for hydroxylation is 1. The molecule has 0 atom stereocenters. The van der Waals surface area contributed by atoms with E-state index < -0.39 is 0 Å². The monoisotopic (exact) mass is 266 g/mol. The van der Waals surface area contributed by atoms with Gasteiger partial charge >= 0.3 is 0 Å². The van der Waals surface area contributed by atoms with Crippen LogP contribution in [0.15, 0.2) is 36.5 Å². The third-order valence-electron chi connectivity index (χ3n) is 3.10. The zero-order valence-corrected chi connectivity index (χ0v) is 10.8. The van der Waals surface area contributed by atoms with Gasteiger partial charge in [-0.15, -0.1) is 0 Å². The molecule has 0 aliphatic carbocycles. The van der Waals surface area contributed by atoms with Crippen molar-refractivity contribution in [3.8, 4) is 6.07 Å². The molecule has 1 aromatic carbocycles. The molecule has 0 aliphatic rings. The third kappa shape index (κ3) is 2.08. The molecule has 5 heteroatoms. The van der Waals surface area contributed by atoms with Gasteiger partial charge in [-0.05, 0) is 36.4 Å². The summed E-state index contributed by atoms with van der Waals surface area (Å²) in [7, 11) is 1.90. The number of rotatable bonds is 2. The highest BCUT2D eigenvalue weighted by Crippen LogP contribution is 2.19. The van der Waals surface area contributed by atoms with Gasteiger partial charge in [-0.3, -0.25) is 0 Å². The molecule has 0 radical (unpaired) electrons. The number of allylic oxidation sites excluding steroid dienone is 1. The van der Waals surface area contributed by atoms with E-state index in [0.717, 1.165) is 5.69 Å². The summed E-state index contributed by atoms with van der Waals surface area (Å²) in [6.45, 7) is 0. The number of halogens is 1. The highest BCUT2D eigenvalue weighted by Gasteiger charge is 2.09. The van der Waals surface area contributed by atoms with Crippen LogP contribution < -0.4 is 0 Å². The molecule has 0 saturated heterocycles. The van der Waals surface area contributed by atoms with Crippen LogP contribution in [0.3, 0.4) is 0 Å². The molecule has 20 heavy (non-hydrogen) atoms. The number of aromatic nitrogens is 3. The summed E-state index contributed by atoms with van der Waals surface area (Å²) in [5.74, 6) is 0.104. The Morgan fingerprint density at radius 3 is 3.00 bits per heavy atom. The van der Waals surface area contributed by atoms with E-state index in [1.807, 2.05) is 29.9 Å². The summed E-state index contributed by atoms with van der Waals surface area (Å²) in [6.07, 6.45) is 3.64. The highest BCUT2D eigenvalue weighted by atomic mass is 19.1. The van der Waals surface area contributed by atoms with Crippen LogP contribution in [0.5, 0.6) is 0 Å². The van der Waals surface area contributed by atoms with Crippen molar-refractivity contribution in [2.45, 2.75) is 0 Å². The van der Waals surface area contributed by atoms with E-state index in [4.69, 9.17) is 0 Å². The summed E-state index contributed by atoms with van der Waals surface area (Å²) < 4.78 is 15.1. The number of fused-ring (bicyclic) bond motifs is 1. The Kier molecular flexibility index (Phi) is 2.84. The van der Waals surface area contributed by atoms with E-state index in [0.29, 0.717) is 22.4 Å². The predicted octanol–water partition coefficient (Wildman–Crippen LogP) is 3.10. The largest absolute Gasteiger partial charge is 0.351 e.